The molecule has 86 valence electrons. The zero-order valence-electron chi connectivity index (χ0n) is 9.69. The van der Waals surface area contributed by atoms with Crippen molar-refractivity contribution in [3.63, 3.8) is 0 Å². The molecule has 0 aliphatic carbocycles. The van der Waals surface area contributed by atoms with Crippen LogP contribution in [-0.2, 0) is 9.53 Å². The van der Waals surface area contributed by atoms with Gasteiger partial charge in [-0.15, -0.1) is 0 Å². The standard InChI is InChI=1S/C14H18O2/c1-13(15)7-5-11-16-12-6-10-14-8-3-2-4-9-14/h2-4,6,8-10H,5,7,11-12H2,1H3. The number of Topliss-reactive ketones (excluding diaryl/α,β-unsaturated/α-hetero) is 1. The number of hydrogen-bond donors (Lipinski definition) is 0. The van der Waals surface area contributed by atoms with Crippen LogP contribution in [0.3, 0.4) is 0 Å². The van der Waals surface area contributed by atoms with E-state index in [-0.39, 0.29) is 5.78 Å². The van der Waals surface area contributed by atoms with Crippen LogP contribution in [0.2, 0.25) is 0 Å². The van der Waals surface area contributed by atoms with Crippen LogP contribution in [0.25, 0.3) is 6.08 Å². The van der Waals surface area contributed by atoms with E-state index < -0.39 is 0 Å². The number of rotatable bonds is 7. The zero-order valence-corrected chi connectivity index (χ0v) is 9.69. The third-order valence-corrected chi connectivity index (χ3v) is 2.14. The topological polar surface area (TPSA) is 26.3 Å². The third-order valence-electron chi connectivity index (χ3n) is 2.14. The fourth-order valence-electron chi connectivity index (χ4n) is 1.32. The highest BCUT2D eigenvalue weighted by Crippen LogP contribution is 2.00. The van der Waals surface area contributed by atoms with Crippen molar-refractivity contribution in [1.29, 1.82) is 0 Å². The van der Waals surface area contributed by atoms with E-state index in [1.807, 2.05) is 42.5 Å². The number of benzene rings is 1. The van der Waals surface area contributed by atoms with Crippen LogP contribution >= 0.6 is 0 Å². The smallest absolute Gasteiger partial charge is 0.129 e. The summed E-state index contributed by atoms with van der Waals surface area (Å²) in [6.45, 7) is 2.86. The van der Waals surface area contributed by atoms with Gasteiger partial charge >= 0.3 is 0 Å². The molecule has 0 bridgehead atoms. The lowest BCUT2D eigenvalue weighted by atomic mass is 10.2. The average Bonchev–Trinajstić information content (AvgIpc) is 2.29. The van der Waals surface area contributed by atoms with Crippen molar-refractivity contribution in [3.05, 3.63) is 42.0 Å². The van der Waals surface area contributed by atoms with Gasteiger partial charge in [0.1, 0.15) is 5.78 Å². The summed E-state index contributed by atoms with van der Waals surface area (Å²) in [5.74, 6) is 0.225. The van der Waals surface area contributed by atoms with Crippen molar-refractivity contribution in [3.8, 4) is 0 Å². The molecule has 0 spiro atoms. The van der Waals surface area contributed by atoms with E-state index >= 15 is 0 Å². The molecule has 0 N–H and O–H groups in total. The average molecular weight is 218 g/mol. The molecule has 0 fully saturated rings. The fraction of sp³-hybridized carbons (Fsp3) is 0.357. The minimum atomic E-state index is 0.225. The molecule has 0 heterocycles. The predicted molar refractivity (Wildman–Crippen MR) is 66.2 cm³/mol. The summed E-state index contributed by atoms with van der Waals surface area (Å²) in [4.78, 5) is 10.6. The van der Waals surface area contributed by atoms with E-state index in [9.17, 15) is 4.79 Å². The second-order valence-electron chi connectivity index (χ2n) is 3.69. The van der Waals surface area contributed by atoms with Gasteiger partial charge < -0.3 is 9.53 Å². The first-order chi connectivity index (χ1) is 7.79. The molecule has 0 aliphatic heterocycles. The second kappa shape index (κ2) is 7.83. The largest absolute Gasteiger partial charge is 0.377 e. The Hall–Kier alpha value is -1.41. The zero-order chi connectivity index (χ0) is 11.6. The maximum atomic E-state index is 10.6. The number of ketones is 1. The van der Waals surface area contributed by atoms with Gasteiger partial charge in [-0.25, -0.2) is 0 Å². The molecule has 1 rings (SSSR count). The lowest BCUT2D eigenvalue weighted by Crippen LogP contribution is -1.97. The molecule has 2 nitrogen and oxygen atoms in total. The minimum Gasteiger partial charge on any atom is -0.377 e. The normalized spacial score (nSPS) is 10.8. The van der Waals surface area contributed by atoms with Gasteiger partial charge in [0, 0.05) is 13.0 Å². The summed E-state index contributed by atoms with van der Waals surface area (Å²) in [5, 5.41) is 0. The van der Waals surface area contributed by atoms with Gasteiger partial charge in [-0.1, -0.05) is 42.5 Å². The monoisotopic (exact) mass is 218 g/mol. The molecule has 0 saturated carbocycles. The second-order valence-corrected chi connectivity index (χ2v) is 3.69. The lowest BCUT2D eigenvalue weighted by Gasteiger charge is -1.99. The predicted octanol–water partition coefficient (Wildman–Crippen LogP) is 3.09. The molecular weight excluding hydrogens is 200 g/mol. The van der Waals surface area contributed by atoms with Crippen molar-refractivity contribution in [1.82, 2.24) is 0 Å². The summed E-state index contributed by atoms with van der Waals surface area (Å²) in [6, 6.07) is 10.1. The first kappa shape index (κ1) is 12.7. The van der Waals surface area contributed by atoms with Crippen molar-refractivity contribution < 1.29 is 9.53 Å². The van der Waals surface area contributed by atoms with Gasteiger partial charge in [-0.2, -0.15) is 0 Å². The van der Waals surface area contributed by atoms with Gasteiger partial charge in [0.15, 0.2) is 0 Å². The maximum absolute atomic E-state index is 10.6. The number of carbonyl (C=O) groups excluding carboxylic acids is 1. The molecule has 2 heteroatoms. The van der Waals surface area contributed by atoms with Gasteiger partial charge in [-0.05, 0) is 18.9 Å². The fourth-order valence-corrected chi connectivity index (χ4v) is 1.32. The Bertz CT molecular complexity index is 328. The van der Waals surface area contributed by atoms with E-state index in [2.05, 4.69) is 0 Å². The molecular formula is C14H18O2. The quantitative estimate of drug-likeness (QED) is 0.657. The van der Waals surface area contributed by atoms with Crippen LogP contribution < -0.4 is 0 Å². The lowest BCUT2D eigenvalue weighted by molar-refractivity contribution is -0.117. The molecule has 0 saturated heterocycles. The van der Waals surface area contributed by atoms with E-state index in [4.69, 9.17) is 4.74 Å². The third kappa shape index (κ3) is 6.14. The van der Waals surface area contributed by atoms with Crippen LogP contribution in [0.5, 0.6) is 0 Å². The van der Waals surface area contributed by atoms with Crippen LogP contribution in [0.15, 0.2) is 36.4 Å². The van der Waals surface area contributed by atoms with Crippen LogP contribution in [0.4, 0.5) is 0 Å². The first-order valence-corrected chi connectivity index (χ1v) is 5.58. The van der Waals surface area contributed by atoms with Crippen molar-refractivity contribution in [2.24, 2.45) is 0 Å². The number of hydrogen-bond acceptors (Lipinski definition) is 2. The Morgan fingerprint density at radius 2 is 2.06 bits per heavy atom. The Morgan fingerprint density at radius 1 is 1.31 bits per heavy atom. The molecule has 1 aromatic rings. The highest BCUT2D eigenvalue weighted by atomic mass is 16.5. The van der Waals surface area contributed by atoms with Gasteiger partial charge in [0.2, 0.25) is 0 Å². The van der Waals surface area contributed by atoms with Crippen LogP contribution in [0.1, 0.15) is 25.3 Å². The van der Waals surface area contributed by atoms with Gasteiger partial charge in [0.05, 0.1) is 6.61 Å². The van der Waals surface area contributed by atoms with Gasteiger partial charge in [0.25, 0.3) is 0 Å². The highest BCUT2D eigenvalue weighted by Gasteiger charge is 1.92. The Morgan fingerprint density at radius 3 is 2.75 bits per heavy atom. The molecule has 0 unspecified atom stereocenters. The molecule has 0 radical (unpaired) electrons. The molecule has 0 aliphatic rings. The van der Waals surface area contributed by atoms with E-state index in [1.54, 1.807) is 6.92 Å². The van der Waals surface area contributed by atoms with Gasteiger partial charge in [-0.3, -0.25) is 0 Å². The summed E-state index contributed by atoms with van der Waals surface area (Å²) in [7, 11) is 0. The Kier molecular flexibility index (Phi) is 6.19. The van der Waals surface area contributed by atoms with Crippen molar-refractivity contribution in [2.75, 3.05) is 13.2 Å². The van der Waals surface area contributed by atoms with Crippen LogP contribution in [-0.4, -0.2) is 19.0 Å². The Labute approximate surface area is 96.9 Å². The van der Waals surface area contributed by atoms with E-state index in [1.165, 1.54) is 5.56 Å². The van der Waals surface area contributed by atoms with Crippen LogP contribution in [0, 0.1) is 0 Å². The molecule has 0 amide bonds. The Balaban J connectivity index is 2.07. The highest BCUT2D eigenvalue weighted by molar-refractivity contribution is 5.75. The van der Waals surface area contributed by atoms with E-state index in [0.29, 0.717) is 19.6 Å². The minimum absolute atomic E-state index is 0.225. The number of carbonyl (C=O) groups is 1. The maximum Gasteiger partial charge on any atom is 0.129 e. The number of ether oxygens (including phenoxy) is 1. The molecule has 1 aromatic carbocycles. The molecule has 16 heavy (non-hydrogen) atoms. The summed E-state index contributed by atoms with van der Waals surface area (Å²) < 4.78 is 5.37. The van der Waals surface area contributed by atoms with Crippen molar-refractivity contribution in [2.45, 2.75) is 19.8 Å². The van der Waals surface area contributed by atoms with Crippen molar-refractivity contribution >= 4 is 11.9 Å². The first-order valence-electron chi connectivity index (χ1n) is 5.58. The SMILES string of the molecule is CC(=O)CCCOCC=Cc1ccccc1. The summed E-state index contributed by atoms with van der Waals surface area (Å²) in [5.41, 5.74) is 1.18. The summed E-state index contributed by atoms with van der Waals surface area (Å²) in [6.07, 6.45) is 5.45. The summed E-state index contributed by atoms with van der Waals surface area (Å²) >= 11 is 0. The van der Waals surface area contributed by atoms with E-state index in [0.717, 1.165) is 6.42 Å². The molecule has 0 atom stereocenters. The molecule has 0 aromatic heterocycles.